The highest BCUT2D eigenvalue weighted by molar-refractivity contribution is 6.32. The number of benzene rings is 1. The number of ether oxygens (including phenoxy) is 1. The van der Waals surface area contributed by atoms with E-state index in [0.29, 0.717) is 10.8 Å². The number of halogens is 1. The van der Waals surface area contributed by atoms with Crippen molar-refractivity contribution in [3.05, 3.63) is 28.3 Å². The Morgan fingerprint density at radius 3 is 2.67 bits per heavy atom. The summed E-state index contributed by atoms with van der Waals surface area (Å²) in [6, 6.07) is 3.66. The summed E-state index contributed by atoms with van der Waals surface area (Å²) in [6.45, 7) is 1.87. The normalized spacial score (nSPS) is 10.0. The Kier molecular flexibility index (Phi) is 2.95. The van der Waals surface area contributed by atoms with Gasteiger partial charge in [0.15, 0.2) is 0 Å². The lowest BCUT2D eigenvalue weighted by molar-refractivity contribution is 0.273. The molecule has 0 atom stereocenters. The standard InChI is InChI=1S/C9H11ClO2/c1-6-3-7(5-11)9(12-2)8(10)4-6/h3-4,11H,5H2,1-2H3. The van der Waals surface area contributed by atoms with Crippen molar-refractivity contribution in [1.82, 2.24) is 0 Å². The van der Waals surface area contributed by atoms with Gasteiger partial charge in [0.05, 0.1) is 18.7 Å². The van der Waals surface area contributed by atoms with Crippen LogP contribution in [0.15, 0.2) is 12.1 Å². The van der Waals surface area contributed by atoms with Gasteiger partial charge in [-0.25, -0.2) is 0 Å². The molecule has 0 heterocycles. The van der Waals surface area contributed by atoms with Crippen LogP contribution in [0, 0.1) is 6.92 Å². The van der Waals surface area contributed by atoms with Gasteiger partial charge in [-0.2, -0.15) is 0 Å². The van der Waals surface area contributed by atoms with Crippen molar-refractivity contribution in [2.24, 2.45) is 0 Å². The minimum Gasteiger partial charge on any atom is -0.495 e. The Hall–Kier alpha value is -0.730. The van der Waals surface area contributed by atoms with E-state index >= 15 is 0 Å². The second kappa shape index (κ2) is 3.78. The molecule has 0 bridgehead atoms. The quantitative estimate of drug-likeness (QED) is 0.767. The van der Waals surface area contributed by atoms with Gasteiger partial charge < -0.3 is 9.84 Å². The second-order valence-corrected chi connectivity index (χ2v) is 3.00. The first kappa shape index (κ1) is 9.36. The largest absolute Gasteiger partial charge is 0.495 e. The van der Waals surface area contributed by atoms with E-state index in [-0.39, 0.29) is 6.61 Å². The zero-order valence-electron chi connectivity index (χ0n) is 7.10. The van der Waals surface area contributed by atoms with E-state index in [4.69, 9.17) is 21.4 Å². The summed E-state index contributed by atoms with van der Waals surface area (Å²) in [5, 5.41) is 9.50. The van der Waals surface area contributed by atoms with E-state index in [2.05, 4.69) is 0 Å². The summed E-state index contributed by atoms with van der Waals surface area (Å²) in [4.78, 5) is 0. The van der Waals surface area contributed by atoms with Gasteiger partial charge in [0.25, 0.3) is 0 Å². The zero-order valence-corrected chi connectivity index (χ0v) is 7.85. The van der Waals surface area contributed by atoms with E-state index in [0.717, 1.165) is 11.1 Å². The van der Waals surface area contributed by atoms with Crippen LogP contribution in [-0.2, 0) is 6.61 Å². The van der Waals surface area contributed by atoms with Crippen molar-refractivity contribution < 1.29 is 9.84 Å². The van der Waals surface area contributed by atoms with Crippen molar-refractivity contribution in [2.75, 3.05) is 7.11 Å². The number of aryl methyl sites for hydroxylation is 1. The average Bonchev–Trinajstić information content (AvgIpc) is 2.03. The number of hydrogen-bond donors (Lipinski definition) is 1. The highest BCUT2D eigenvalue weighted by Crippen LogP contribution is 2.29. The van der Waals surface area contributed by atoms with Crippen LogP contribution in [-0.4, -0.2) is 12.2 Å². The molecule has 0 aliphatic heterocycles. The van der Waals surface area contributed by atoms with Crippen molar-refractivity contribution in [3.8, 4) is 5.75 Å². The Morgan fingerprint density at radius 1 is 1.50 bits per heavy atom. The van der Waals surface area contributed by atoms with Gasteiger partial charge in [-0.1, -0.05) is 11.6 Å². The number of hydrogen-bond acceptors (Lipinski definition) is 2. The lowest BCUT2D eigenvalue weighted by atomic mass is 10.1. The fourth-order valence-corrected chi connectivity index (χ4v) is 1.52. The van der Waals surface area contributed by atoms with E-state index in [1.165, 1.54) is 7.11 Å². The van der Waals surface area contributed by atoms with Crippen molar-refractivity contribution in [2.45, 2.75) is 13.5 Å². The minimum absolute atomic E-state index is 0.0510. The van der Waals surface area contributed by atoms with E-state index < -0.39 is 0 Å². The topological polar surface area (TPSA) is 29.5 Å². The number of methoxy groups -OCH3 is 1. The molecule has 0 saturated carbocycles. The lowest BCUT2D eigenvalue weighted by Gasteiger charge is -2.08. The molecule has 0 aliphatic rings. The molecule has 0 amide bonds. The van der Waals surface area contributed by atoms with Crippen molar-refractivity contribution in [3.63, 3.8) is 0 Å². The van der Waals surface area contributed by atoms with Crippen LogP contribution >= 0.6 is 11.6 Å². The number of aliphatic hydroxyl groups is 1. The zero-order chi connectivity index (χ0) is 9.14. The van der Waals surface area contributed by atoms with Crippen LogP contribution in [0.2, 0.25) is 5.02 Å². The van der Waals surface area contributed by atoms with Crippen LogP contribution in [0.25, 0.3) is 0 Å². The maximum absolute atomic E-state index is 8.96. The van der Waals surface area contributed by atoms with E-state index in [1.54, 1.807) is 6.07 Å². The van der Waals surface area contributed by atoms with Crippen LogP contribution in [0.4, 0.5) is 0 Å². The summed E-state index contributed by atoms with van der Waals surface area (Å²) in [7, 11) is 1.54. The molecule has 0 saturated heterocycles. The lowest BCUT2D eigenvalue weighted by Crippen LogP contribution is -1.93. The molecule has 0 radical (unpaired) electrons. The van der Waals surface area contributed by atoms with Gasteiger partial charge >= 0.3 is 0 Å². The Bertz CT molecular complexity index is 284. The fraction of sp³-hybridized carbons (Fsp3) is 0.333. The first-order valence-corrected chi connectivity index (χ1v) is 4.00. The molecule has 3 heteroatoms. The van der Waals surface area contributed by atoms with Gasteiger partial charge in [-0.05, 0) is 24.6 Å². The molecule has 66 valence electrons. The Labute approximate surface area is 76.7 Å². The minimum atomic E-state index is -0.0510. The first-order chi connectivity index (χ1) is 5.69. The first-order valence-electron chi connectivity index (χ1n) is 3.63. The molecular formula is C9H11ClO2. The van der Waals surface area contributed by atoms with Gasteiger partial charge in [0.2, 0.25) is 0 Å². The van der Waals surface area contributed by atoms with Crippen molar-refractivity contribution in [1.29, 1.82) is 0 Å². The molecule has 2 nitrogen and oxygen atoms in total. The number of aliphatic hydroxyl groups excluding tert-OH is 1. The van der Waals surface area contributed by atoms with Crippen LogP contribution < -0.4 is 4.74 Å². The SMILES string of the molecule is COc1c(Cl)cc(C)cc1CO. The molecule has 1 aromatic carbocycles. The third kappa shape index (κ3) is 1.71. The van der Waals surface area contributed by atoms with E-state index in [1.807, 2.05) is 13.0 Å². The van der Waals surface area contributed by atoms with Crippen LogP contribution in [0.5, 0.6) is 5.75 Å². The average molecular weight is 187 g/mol. The van der Waals surface area contributed by atoms with Gasteiger partial charge in [0, 0.05) is 5.56 Å². The Morgan fingerprint density at radius 2 is 2.17 bits per heavy atom. The van der Waals surface area contributed by atoms with E-state index in [9.17, 15) is 0 Å². The third-order valence-electron chi connectivity index (χ3n) is 1.64. The van der Waals surface area contributed by atoms with Crippen LogP contribution in [0.3, 0.4) is 0 Å². The summed E-state index contributed by atoms with van der Waals surface area (Å²) < 4.78 is 5.03. The molecule has 0 aliphatic carbocycles. The summed E-state index contributed by atoms with van der Waals surface area (Å²) in [5.41, 5.74) is 1.74. The predicted molar refractivity (Wildman–Crippen MR) is 48.7 cm³/mol. The molecule has 0 aromatic heterocycles. The van der Waals surface area contributed by atoms with Gasteiger partial charge in [-0.3, -0.25) is 0 Å². The number of rotatable bonds is 2. The summed E-state index contributed by atoms with van der Waals surface area (Å²) in [6.07, 6.45) is 0. The highest BCUT2D eigenvalue weighted by atomic mass is 35.5. The summed E-state index contributed by atoms with van der Waals surface area (Å²) >= 11 is 5.88. The molecule has 12 heavy (non-hydrogen) atoms. The highest BCUT2D eigenvalue weighted by Gasteiger charge is 2.06. The molecule has 1 rings (SSSR count). The fourth-order valence-electron chi connectivity index (χ4n) is 1.15. The van der Waals surface area contributed by atoms with Crippen LogP contribution in [0.1, 0.15) is 11.1 Å². The monoisotopic (exact) mass is 186 g/mol. The van der Waals surface area contributed by atoms with Crippen molar-refractivity contribution >= 4 is 11.6 Å². The molecular weight excluding hydrogens is 176 g/mol. The predicted octanol–water partition coefficient (Wildman–Crippen LogP) is 2.15. The molecule has 0 spiro atoms. The molecule has 0 fully saturated rings. The maximum Gasteiger partial charge on any atom is 0.142 e. The Balaban J connectivity index is 3.24. The molecule has 0 unspecified atom stereocenters. The summed E-state index contributed by atoms with van der Waals surface area (Å²) in [5.74, 6) is 0.560. The van der Waals surface area contributed by atoms with Gasteiger partial charge in [0.1, 0.15) is 5.75 Å². The third-order valence-corrected chi connectivity index (χ3v) is 1.92. The maximum atomic E-state index is 8.96. The second-order valence-electron chi connectivity index (χ2n) is 2.60. The smallest absolute Gasteiger partial charge is 0.142 e. The molecule has 1 N–H and O–H groups in total. The molecule has 1 aromatic rings. The van der Waals surface area contributed by atoms with Gasteiger partial charge in [-0.15, -0.1) is 0 Å².